The first-order chi connectivity index (χ1) is 11.8. The van der Waals surface area contributed by atoms with Crippen molar-refractivity contribution in [3.05, 3.63) is 77.1 Å². The van der Waals surface area contributed by atoms with Crippen molar-refractivity contribution in [3.8, 4) is 11.4 Å². The number of nitrogens with zero attached hydrogens (tertiary/aromatic N) is 1. The molecule has 0 N–H and O–H groups in total. The lowest BCUT2D eigenvalue weighted by Gasteiger charge is -2.21. The quantitative estimate of drug-likeness (QED) is 0.593. The molecule has 3 nitrogen and oxygen atoms in total. The Morgan fingerprint density at radius 3 is 2.79 bits per heavy atom. The number of hydrogen-bond donors (Lipinski definition) is 0. The molecule has 1 aliphatic heterocycles. The number of hydrogen-bond acceptors (Lipinski definition) is 3. The molecule has 2 aromatic carbocycles. The predicted molar refractivity (Wildman–Crippen MR) is 97.1 cm³/mol. The molecule has 0 saturated heterocycles. The summed E-state index contributed by atoms with van der Waals surface area (Å²) < 4.78 is 13.2. The molecule has 5 heteroatoms. The Labute approximate surface area is 150 Å². The highest BCUT2D eigenvalue weighted by Crippen LogP contribution is 2.36. The molecule has 0 fully saturated rings. The van der Waals surface area contributed by atoms with Gasteiger partial charge in [0.15, 0.2) is 6.79 Å². The van der Waals surface area contributed by atoms with Crippen molar-refractivity contribution in [1.29, 1.82) is 0 Å². The van der Waals surface area contributed by atoms with Crippen LogP contribution in [-0.4, -0.2) is 11.4 Å². The van der Waals surface area contributed by atoms with E-state index in [2.05, 4.69) is 41.2 Å². The monoisotopic (exact) mass is 357 g/mol. The van der Waals surface area contributed by atoms with Gasteiger partial charge in [-0.3, -0.25) is 0 Å². The van der Waals surface area contributed by atoms with E-state index < -0.39 is 0 Å². The zero-order valence-corrected chi connectivity index (χ0v) is 14.5. The fourth-order valence-electron chi connectivity index (χ4n) is 2.81. The van der Waals surface area contributed by atoms with Crippen LogP contribution in [0.5, 0.6) is 5.75 Å². The third kappa shape index (κ3) is 3.18. The lowest BCUT2D eigenvalue weighted by atomic mass is 10.1. The number of ether oxygens (including phenoxy) is 2. The fourth-order valence-corrected chi connectivity index (χ4v) is 4.09. The number of halogens is 1. The van der Waals surface area contributed by atoms with Gasteiger partial charge in [-0.05, 0) is 36.4 Å². The molecule has 0 spiro atoms. The van der Waals surface area contributed by atoms with Crippen molar-refractivity contribution in [2.45, 2.75) is 17.3 Å². The molecular weight excluding hydrogens is 342 g/mol. The Hall–Kier alpha value is -1.88. The molecule has 0 unspecified atom stereocenters. The SMILES string of the molecule is Clc1cc2c(c(CSc3ccccc3-n3cccc3)c1)OCOC2. The summed E-state index contributed by atoms with van der Waals surface area (Å²) >= 11 is 8.03. The molecule has 122 valence electrons. The van der Waals surface area contributed by atoms with E-state index >= 15 is 0 Å². The van der Waals surface area contributed by atoms with Gasteiger partial charge in [-0.25, -0.2) is 0 Å². The number of para-hydroxylation sites is 1. The summed E-state index contributed by atoms with van der Waals surface area (Å²) in [5.74, 6) is 1.71. The van der Waals surface area contributed by atoms with Crippen LogP contribution in [-0.2, 0) is 17.1 Å². The normalized spacial score (nSPS) is 13.4. The topological polar surface area (TPSA) is 23.4 Å². The van der Waals surface area contributed by atoms with E-state index in [-0.39, 0.29) is 0 Å². The van der Waals surface area contributed by atoms with E-state index in [0.29, 0.717) is 13.4 Å². The highest BCUT2D eigenvalue weighted by Gasteiger charge is 2.17. The maximum Gasteiger partial charge on any atom is 0.189 e. The number of rotatable bonds is 4. The van der Waals surface area contributed by atoms with Crippen molar-refractivity contribution in [2.24, 2.45) is 0 Å². The second-order valence-corrected chi connectivity index (χ2v) is 6.96. The highest BCUT2D eigenvalue weighted by molar-refractivity contribution is 7.98. The zero-order valence-electron chi connectivity index (χ0n) is 12.9. The molecule has 0 aliphatic carbocycles. The van der Waals surface area contributed by atoms with Crippen LogP contribution in [0.3, 0.4) is 0 Å². The summed E-state index contributed by atoms with van der Waals surface area (Å²) in [6, 6.07) is 16.3. The Bertz CT molecular complexity index is 849. The smallest absolute Gasteiger partial charge is 0.189 e. The molecule has 0 atom stereocenters. The first-order valence-corrected chi connectivity index (χ1v) is 9.04. The van der Waals surface area contributed by atoms with E-state index in [4.69, 9.17) is 21.1 Å². The molecule has 24 heavy (non-hydrogen) atoms. The van der Waals surface area contributed by atoms with Gasteiger partial charge in [-0.15, -0.1) is 11.8 Å². The number of thioether (sulfide) groups is 1. The van der Waals surface area contributed by atoms with Crippen molar-refractivity contribution in [2.75, 3.05) is 6.79 Å². The number of benzene rings is 2. The van der Waals surface area contributed by atoms with Crippen LogP contribution in [0.15, 0.2) is 65.8 Å². The molecule has 1 aliphatic rings. The largest absolute Gasteiger partial charge is 0.467 e. The van der Waals surface area contributed by atoms with Crippen molar-refractivity contribution >= 4 is 23.4 Å². The van der Waals surface area contributed by atoms with Gasteiger partial charge < -0.3 is 14.0 Å². The van der Waals surface area contributed by atoms with Crippen LogP contribution in [0.1, 0.15) is 11.1 Å². The fraction of sp³-hybridized carbons (Fsp3) is 0.158. The van der Waals surface area contributed by atoms with Crippen LogP contribution >= 0.6 is 23.4 Å². The van der Waals surface area contributed by atoms with Gasteiger partial charge in [-0.1, -0.05) is 23.7 Å². The van der Waals surface area contributed by atoms with Gasteiger partial charge in [0.1, 0.15) is 5.75 Å². The van der Waals surface area contributed by atoms with E-state index in [0.717, 1.165) is 27.7 Å². The molecule has 0 radical (unpaired) electrons. The van der Waals surface area contributed by atoms with Gasteiger partial charge in [-0.2, -0.15) is 0 Å². The van der Waals surface area contributed by atoms with Gasteiger partial charge in [0.05, 0.1) is 12.3 Å². The summed E-state index contributed by atoms with van der Waals surface area (Å²) in [5, 5.41) is 0.720. The lowest BCUT2D eigenvalue weighted by molar-refractivity contribution is -0.0168. The molecule has 0 amide bonds. The number of fused-ring (bicyclic) bond motifs is 1. The maximum absolute atomic E-state index is 6.25. The van der Waals surface area contributed by atoms with Crippen molar-refractivity contribution < 1.29 is 9.47 Å². The van der Waals surface area contributed by atoms with Crippen molar-refractivity contribution in [1.82, 2.24) is 4.57 Å². The molecule has 2 heterocycles. The van der Waals surface area contributed by atoms with E-state index in [9.17, 15) is 0 Å². The third-order valence-corrected chi connectivity index (χ3v) is 5.21. The first kappa shape index (κ1) is 15.6. The summed E-state index contributed by atoms with van der Waals surface area (Å²) in [7, 11) is 0. The van der Waals surface area contributed by atoms with Gasteiger partial charge in [0.25, 0.3) is 0 Å². The molecule has 4 rings (SSSR count). The zero-order chi connectivity index (χ0) is 16.4. The minimum atomic E-state index is 0.298. The van der Waals surface area contributed by atoms with E-state index in [1.54, 1.807) is 11.8 Å². The van der Waals surface area contributed by atoms with Crippen LogP contribution in [0.25, 0.3) is 5.69 Å². The highest BCUT2D eigenvalue weighted by atomic mass is 35.5. The predicted octanol–water partition coefficient (Wildman–Crippen LogP) is 5.29. The Kier molecular flexibility index (Phi) is 4.52. The molecule has 1 aromatic heterocycles. The third-order valence-electron chi connectivity index (χ3n) is 3.88. The molecule has 0 saturated carbocycles. The van der Waals surface area contributed by atoms with Crippen LogP contribution in [0, 0.1) is 0 Å². The van der Waals surface area contributed by atoms with Gasteiger partial charge >= 0.3 is 0 Å². The second kappa shape index (κ2) is 6.93. The standard InChI is InChI=1S/C19H16ClNO2S/c20-16-9-14-11-22-13-23-19(14)15(10-16)12-24-18-6-2-1-5-17(18)21-7-3-4-8-21/h1-10H,11-13H2. The molecule has 3 aromatic rings. The van der Waals surface area contributed by atoms with Crippen LogP contribution in [0.2, 0.25) is 5.02 Å². The average Bonchev–Trinajstić information content (AvgIpc) is 3.14. The summed E-state index contributed by atoms with van der Waals surface area (Å²) in [5.41, 5.74) is 3.30. The van der Waals surface area contributed by atoms with E-state index in [1.165, 1.54) is 10.6 Å². The summed E-state index contributed by atoms with van der Waals surface area (Å²) in [6.07, 6.45) is 4.11. The summed E-state index contributed by atoms with van der Waals surface area (Å²) in [6.45, 7) is 0.847. The maximum atomic E-state index is 6.25. The minimum absolute atomic E-state index is 0.298. The van der Waals surface area contributed by atoms with Crippen LogP contribution < -0.4 is 4.74 Å². The number of aromatic nitrogens is 1. The van der Waals surface area contributed by atoms with Crippen LogP contribution in [0.4, 0.5) is 0 Å². The van der Waals surface area contributed by atoms with Crippen molar-refractivity contribution in [3.63, 3.8) is 0 Å². The lowest BCUT2D eigenvalue weighted by Crippen LogP contribution is -2.13. The molecular formula is C19H16ClNO2S. The Morgan fingerprint density at radius 2 is 1.92 bits per heavy atom. The summed E-state index contributed by atoms with van der Waals surface area (Å²) in [4.78, 5) is 1.22. The Balaban J connectivity index is 1.62. The first-order valence-electron chi connectivity index (χ1n) is 7.68. The Morgan fingerprint density at radius 1 is 1.08 bits per heavy atom. The van der Waals surface area contributed by atoms with E-state index in [1.807, 2.05) is 24.3 Å². The van der Waals surface area contributed by atoms with Gasteiger partial charge in [0.2, 0.25) is 0 Å². The second-order valence-electron chi connectivity index (χ2n) is 5.51. The van der Waals surface area contributed by atoms with Gasteiger partial charge in [0, 0.05) is 39.2 Å². The molecule has 0 bridgehead atoms. The minimum Gasteiger partial charge on any atom is -0.467 e. The average molecular weight is 358 g/mol.